The molecule has 0 aromatic carbocycles. The van der Waals surface area contributed by atoms with Gasteiger partial charge >= 0.3 is 0 Å². The smallest absolute Gasteiger partial charge is 0.270 e. The van der Waals surface area contributed by atoms with E-state index in [1.165, 1.54) is 18.3 Å². The van der Waals surface area contributed by atoms with E-state index in [1.807, 2.05) is 0 Å². The molecule has 2 amide bonds. The number of rotatable bonds is 5. The van der Waals surface area contributed by atoms with Gasteiger partial charge in [0.2, 0.25) is 0 Å². The number of amides is 2. The fourth-order valence-corrected chi connectivity index (χ4v) is 1.57. The summed E-state index contributed by atoms with van der Waals surface area (Å²) in [5.41, 5.74) is 0.454. The SMILES string of the molecule is C=CCNC(=O)c1cc(C(=O)Nc2cc(C)on2)ccn1. The van der Waals surface area contributed by atoms with Crippen LogP contribution in [-0.4, -0.2) is 28.5 Å². The van der Waals surface area contributed by atoms with Gasteiger partial charge in [-0.1, -0.05) is 11.2 Å². The number of nitrogens with one attached hydrogen (secondary N) is 2. The largest absolute Gasteiger partial charge is 0.360 e. The van der Waals surface area contributed by atoms with Crippen LogP contribution in [0.5, 0.6) is 0 Å². The van der Waals surface area contributed by atoms with Crippen LogP contribution in [0.15, 0.2) is 41.6 Å². The van der Waals surface area contributed by atoms with Gasteiger partial charge in [0.1, 0.15) is 11.5 Å². The van der Waals surface area contributed by atoms with E-state index in [0.717, 1.165) is 0 Å². The Labute approximate surface area is 121 Å². The van der Waals surface area contributed by atoms with Crippen LogP contribution in [0.3, 0.4) is 0 Å². The van der Waals surface area contributed by atoms with E-state index in [1.54, 1.807) is 19.1 Å². The Bertz CT molecular complexity index is 678. The van der Waals surface area contributed by atoms with Gasteiger partial charge in [-0.25, -0.2) is 0 Å². The molecule has 7 nitrogen and oxygen atoms in total. The van der Waals surface area contributed by atoms with Crippen molar-refractivity contribution in [2.75, 3.05) is 11.9 Å². The third-order valence-corrected chi connectivity index (χ3v) is 2.53. The maximum absolute atomic E-state index is 12.0. The lowest BCUT2D eigenvalue weighted by Crippen LogP contribution is -2.24. The Morgan fingerprint density at radius 3 is 2.86 bits per heavy atom. The first-order valence-electron chi connectivity index (χ1n) is 6.20. The zero-order valence-electron chi connectivity index (χ0n) is 11.4. The van der Waals surface area contributed by atoms with Crippen molar-refractivity contribution < 1.29 is 14.1 Å². The van der Waals surface area contributed by atoms with E-state index in [2.05, 4.69) is 27.4 Å². The molecule has 0 saturated carbocycles. The van der Waals surface area contributed by atoms with Crippen LogP contribution in [0.1, 0.15) is 26.6 Å². The predicted molar refractivity (Wildman–Crippen MR) is 76.0 cm³/mol. The second kappa shape index (κ2) is 6.47. The number of carbonyl (C=O) groups is 2. The number of carbonyl (C=O) groups excluding carboxylic acids is 2. The monoisotopic (exact) mass is 286 g/mol. The van der Waals surface area contributed by atoms with Crippen LogP contribution in [0.25, 0.3) is 0 Å². The van der Waals surface area contributed by atoms with Gasteiger partial charge in [0.05, 0.1) is 0 Å². The summed E-state index contributed by atoms with van der Waals surface area (Å²) >= 11 is 0. The zero-order chi connectivity index (χ0) is 15.2. The Kier molecular flexibility index (Phi) is 4.45. The summed E-state index contributed by atoms with van der Waals surface area (Å²) in [5, 5.41) is 8.82. The Morgan fingerprint density at radius 1 is 1.38 bits per heavy atom. The summed E-state index contributed by atoms with van der Waals surface area (Å²) in [6.07, 6.45) is 2.95. The number of hydrogen-bond acceptors (Lipinski definition) is 5. The van der Waals surface area contributed by atoms with Crippen LogP contribution in [0, 0.1) is 6.92 Å². The number of nitrogens with zero attached hydrogens (tertiary/aromatic N) is 2. The van der Waals surface area contributed by atoms with Crippen LogP contribution in [0.2, 0.25) is 0 Å². The van der Waals surface area contributed by atoms with Gasteiger partial charge < -0.3 is 15.2 Å². The third kappa shape index (κ3) is 3.75. The number of hydrogen-bond donors (Lipinski definition) is 2. The van der Waals surface area contributed by atoms with Crippen molar-refractivity contribution in [2.24, 2.45) is 0 Å². The van der Waals surface area contributed by atoms with Gasteiger partial charge in [-0.05, 0) is 19.1 Å². The highest BCUT2D eigenvalue weighted by Crippen LogP contribution is 2.10. The molecular weight excluding hydrogens is 272 g/mol. The molecule has 0 radical (unpaired) electrons. The van der Waals surface area contributed by atoms with Crippen LogP contribution in [0.4, 0.5) is 5.82 Å². The minimum absolute atomic E-state index is 0.154. The second-order valence-corrected chi connectivity index (χ2v) is 4.21. The first-order valence-corrected chi connectivity index (χ1v) is 6.20. The summed E-state index contributed by atoms with van der Waals surface area (Å²) in [7, 11) is 0. The molecule has 2 aromatic rings. The molecule has 0 bridgehead atoms. The molecule has 0 atom stereocenters. The molecular formula is C14H14N4O3. The summed E-state index contributed by atoms with van der Waals surface area (Å²) in [5.74, 6) is 0.127. The van der Waals surface area contributed by atoms with E-state index in [-0.39, 0.29) is 11.6 Å². The lowest BCUT2D eigenvalue weighted by molar-refractivity contribution is 0.0953. The first kappa shape index (κ1) is 14.4. The molecule has 0 unspecified atom stereocenters. The third-order valence-electron chi connectivity index (χ3n) is 2.53. The number of aromatic nitrogens is 2. The van der Waals surface area contributed by atoms with E-state index in [9.17, 15) is 9.59 Å². The standard InChI is InChI=1S/C14H14N4O3/c1-3-5-16-14(20)11-8-10(4-6-15-11)13(19)17-12-7-9(2)21-18-12/h3-4,6-8H,1,5H2,2H3,(H,16,20)(H,17,18,19). The van der Waals surface area contributed by atoms with Gasteiger partial charge in [-0.2, -0.15) is 0 Å². The molecule has 0 spiro atoms. The average Bonchev–Trinajstić information content (AvgIpc) is 2.90. The fraction of sp³-hybridized carbons (Fsp3) is 0.143. The maximum atomic E-state index is 12.0. The van der Waals surface area contributed by atoms with Crippen LogP contribution >= 0.6 is 0 Å². The topological polar surface area (TPSA) is 97.1 Å². The molecule has 2 aromatic heterocycles. The van der Waals surface area contributed by atoms with Crippen LogP contribution < -0.4 is 10.6 Å². The molecule has 0 aliphatic rings. The van der Waals surface area contributed by atoms with E-state index < -0.39 is 5.91 Å². The normalized spacial score (nSPS) is 9.95. The summed E-state index contributed by atoms with van der Waals surface area (Å²) in [6.45, 7) is 5.55. The highest BCUT2D eigenvalue weighted by Gasteiger charge is 2.12. The summed E-state index contributed by atoms with van der Waals surface area (Å²) in [4.78, 5) is 27.7. The van der Waals surface area contributed by atoms with Crippen molar-refractivity contribution >= 4 is 17.6 Å². The average molecular weight is 286 g/mol. The van der Waals surface area contributed by atoms with Crippen molar-refractivity contribution in [2.45, 2.75) is 6.92 Å². The molecule has 0 saturated heterocycles. The molecule has 2 N–H and O–H groups in total. The number of aryl methyl sites for hydroxylation is 1. The molecule has 0 fully saturated rings. The minimum Gasteiger partial charge on any atom is -0.360 e. The number of anilines is 1. The quantitative estimate of drug-likeness (QED) is 0.813. The molecule has 7 heteroatoms. The Balaban J connectivity index is 2.11. The molecule has 108 valence electrons. The van der Waals surface area contributed by atoms with E-state index in [4.69, 9.17) is 4.52 Å². The van der Waals surface area contributed by atoms with E-state index in [0.29, 0.717) is 23.7 Å². The molecule has 21 heavy (non-hydrogen) atoms. The zero-order valence-corrected chi connectivity index (χ0v) is 11.4. The lowest BCUT2D eigenvalue weighted by atomic mass is 10.2. The van der Waals surface area contributed by atoms with Crippen molar-refractivity contribution in [3.8, 4) is 0 Å². The molecule has 2 rings (SSSR count). The molecule has 2 heterocycles. The van der Waals surface area contributed by atoms with Crippen molar-refractivity contribution in [1.29, 1.82) is 0 Å². The van der Waals surface area contributed by atoms with Gasteiger partial charge in [0.25, 0.3) is 11.8 Å². The fourth-order valence-electron chi connectivity index (χ4n) is 1.57. The highest BCUT2D eigenvalue weighted by atomic mass is 16.5. The van der Waals surface area contributed by atoms with Gasteiger partial charge in [0, 0.05) is 24.4 Å². The van der Waals surface area contributed by atoms with Crippen LogP contribution in [-0.2, 0) is 0 Å². The van der Waals surface area contributed by atoms with E-state index >= 15 is 0 Å². The van der Waals surface area contributed by atoms with Crippen molar-refractivity contribution in [3.63, 3.8) is 0 Å². The second-order valence-electron chi connectivity index (χ2n) is 4.21. The Morgan fingerprint density at radius 2 is 2.19 bits per heavy atom. The molecule has 0 aliphatic heterocycles. The summed E-state index contributed by atoms with van der Waals surface area (Å²) in [6, 6.07) is 4.50. The maximum Gasteiger partial charge on any atom is 0.270 e. The Hall–Kier alpha value is -2.96. The van der Waals surface area contributed by atoms with Crippen molar-refractivity contribution in [1.82, 2.24) is 15.5 Å². The minimum atomic E-state index is -0.400. The summed E-state index contributed by atoms with van der Waals surface area (Å²) < 4.78 is 4.86. The van der Waals surface area contributed by atoms with Gasteiger partial charge in [-0.3, -0.25) is 14.6 Å². The first-order chi connectivity index (χ1) is 10.1. The van der Waals surface area contributed by atoms with Gasteiger partial charge in [0.15, 0.2) is 5.82 Å². The van der Waals surface area contributed by atoms with Gasteiger partial charge in [-0.15, -0.1) is 6.58 Å². The molecule has 0 aliphatic carbocycles. The lowest BCUT2D eigenvalue weighted by Gasteiger charge is -2.04. The van der Waals surface area contributed by atoms with Crippen molar-refractivity contribution in [3.05, 3.63) is 54.1 Å². The number of pyridine rings is 1. The predicted octanol–water partition coefficient (Wildman–Crippen LogP) is 1.55. The highest BCUT2D eigenvalue weighted by molar-refractivity contribution is 6.05.